The molecule has 0 bridgehead atoms. The van der Waals surface area contributed by atoms with Crippen LogP contribution in [-0.4, -0.2) is 39.5 Å². The van der Waals surface area contributed by atoms with Gasteiger partial charge in [-0.1, -0.05) is 11.8 Å². The topological polar surface area (TPSA) is 86.1 Å². The van der Waals surface area contributed by atoms with Gasteiger partial charge in [0, 0.05) is 11.9 Å². The van der Waals surface area contributed by atoms with E-state index in [4.69, 9.17) is 4.74 Å². The van der Waals surface area contributed by atoms with Crippen LogP contribution in [0.3, 0.4) is 0 Å². The first-order valence-corrected chi connectivity index (χ1v) is 9.33. The van der Waals surface area contributed by atoms with Gasteiger partial charge >= 0.3 is 5.97 Å². The normalized spacial score (nSPS) is 13.0. The predicted molar refractivity (Wildman–Crippen MR) is 92.8 cm³/mol. The highest BCUT2D eigenvalue weighted by atomic mass is 32.2. The molecule has 0 atom stereocenters. The molecule has 2 aromatic rings. The summed E-state index contributed by atoms with van der Waals surface area (Å²) < 4.78 is 6.71. The Labute approximate surface area is 147 Å². The van der Waals surface area contributed by atoms with E-state index in [0.29, 0.717) is 15.7 Å². The van der Waals surface area contributed by atoms with Gasteiger partial charge in [-0.2, -0.15) is 0 Å². The molecule has 0 saturated heterocycles. The Morgan fingerprint density at radius 2 is 2.17 bits per heavy atom. The van der Waals surface area contributed by atoms with Crippen LogP contribution >= 0.6 is 23.1 Å². The number of carbonyl (C=O) groups excluding carboxylic acids is 2. The van der Waals surface area contributed by atoms with Crippen LogP contribution in [0, 0.1) is 6.92 Å². The number of nitrogens with zero attached hydrogens (tertiary/aromatic N) is 3. The minimum absolute atomic E-state index is 0.175. The van der Waals surface area contributed by atoms with Crippen LogP contribution in [0.2, 0.25) is 0 Å². The van der Waals surface area contributed by atoms with Gasteiger partial charge in [0.1, 0.15) is 10.8 Å². The van der Waals surface area contributed by atoms with Gasteiger partial charge < -0.3 is 14.6 Å². The van der Waals surface area contributed by atoms with Gasteiger partial charge in [0.2, 0.25) is 5.91 Å². The van der Waals surface area contributed by atoms with E-state index in [2.05, 4.69) is 15.5 Å². The van der Waals surface area contributed by atoms with Crippen molar-refractivity contribution in [2.45, 2.75) is 31.3 Å². The van der Waals surface area contributed by atoms with E-state index >= 15 is 0 Å². The van der Waals surface area contributed by atoms with Crippen molar-refractivity contribution in [3.63, 3.8) is 0 Å². The number of aromatic nitrogens is 3. The monoisotopic (exact) mass is 366 g/mol. The summed E-state index contributed by atoms with van der Waals surface area (Å²) in [5.41, 5.74) is 1.54. The van der Waals surface area contributed by atoms with Crippen LogP contribution in [-0.2, 0) is 29.4 Å². The first-order valence-electron chi connectivity index (χ1n) is 7.52. The maximum Gasteiger partial charge on any atom is 0.341 e. The van der Waals surface area contributed by atoms with Crippen LogP contribution in [0.1, 0.15) is 33.0 Å². The summed E-state index contributed by atoms with van der Waals surface area (Å²) in [6.45, 7) is 1.85. The summed E-state index contributed by atoms with van der Waals surface area (Å²) in [4.78, 5) is 25.5. The van der Waals surface area contributed by atoms with Crippen molar-refractivity contribution < 1.29 is 14.3 Å². The molecule has 128 valence electrons. The zero-order valence-corrected chi connectivity index (χ0v) is 15.3. The third-order valence-electron chi connectivity index (χ3n) is 3.95. The number of hydrogen-bond acceptors (Lipinski definition) is 7. The molecule has 9 heteroatoms. The first kappa shape index (κ1) is 17.0. The number of esters is 1. The van der Waals surface area contributed by atoms with Crippen molar-refractivity contribution in [3.05, 3.63) is 21.8 Å². The van der Waals surface area contributed by atoms with Crippen molar-refractivity contribution >= 4 is 40.0 Å². The third-order valence-corrected chi connectivity index (χ3v) is 6.18. The molecule has 2 aromatic heterocycles. The van der Waals surface area contributed by atoms with Gasteiger partial charge in [-0.3, -0.25) is 4.79 Å². The molecular formula is C15H18N4O3S2. The number of thioether (sulfide) groups is 1. The number of amides is 1. The molecule has 7 nitrogen and oxygen atoms in total. The fraction of sp³-hybridized carbons (Fsp3) is 0.467. The summed E-state index contributed by atoms with van der Waals surface area (Å²) in [5.74, 6) is 0.433. The van der Waals surface area contributed by atoms with Gasteiger partial charge in [0.15, 0.2) is 5.16 Å². The summed E-state index contributed by atoms with van der Waals surface area (Å²) in [5, 5.41) is 12.1. The quantitative estimate of drug-likeness (QED) is 0.645. The highest BCUT2D eigenvalue weighted by Gasteiger charge is 2.28. The van der Waals surface area contributed by atoms with Crippen LogP contribution in [0.5, 0.6) is 0 Å². The first-order chi connectivity index (χ1) is 11.5. The molecule has 1 amide bonds. The zero-order chi connectivity index (χ0) is 17.3. The fourth-order valence-corrected chi connectivity index (χ4v) is 4.67. The average molecular weight is 366 g/mol. The molecule has 2 heterocycles. The van der Waals surface area contributed by atoms with E-state index in [-0.39, 0.29) is 17.6 Å². The van der Waals surface area contributed by atoms with Crippen LogP contribution in [0.25, 0.3) is 0 Å². The third kappa shape index (κ3) is 3.18. The summed E-state index contributed by atoms with van der Waals surface area (Å²) in [7, 11) is 3.22. The number of anilines is 1. The fourth-order valence-electron chi connectivity index (χ4n) is 2.62. The van der Waals surface area contributed by atoms with E-state index in [1.54, 1.807) is 0 Å². The minimum atomic E-state index is -0.388. The summed E-state index contributed by atoms with van der Waals surface area (Å²) >= 11 is 2.79. The van der Waals surface area contributed by atoms with Gasteiger partial charge in [-0.15, -0.1) is 21.5 Å². The Balaban J connectivity index is 1.70. The molecule has 0 saturated carbocycles. The summed E-state index contributed by atoms with van der Waals surface area (Å²) in [6, 6.07) is 0. The van der Waals surface area contributed by atoms with Crippen LogP contribution in [0.15, 0.2) is 5.16 Å². The number of methoxy groups -OCH3 is 1. The zero-order valence-electron chi connectivity index (χ0n) is 13.7. The Kier molecular flexibility index (Phi) is 4.91. The molecule has 0 aliphatic heterocycles. The van der Waals surface area contributed by atoms with E-state index in [1.165, 1.54) is 35.1 Å². The van der Waals surface area contributed by atoms with Crippen molar-refractivity contribution in [3.8, 4) is 0 Å². The second-order valence-corrected chi connectivity index (χ2v) is 7.53. The molecular weight excluding hydrogens is 348 g/mol. The minimum Gasteiger partial charge on any atom is -0.465 e. The number of aryl methyl sites for hydroxylation is 2. The standard InChI is InChI=1S/C15H18N4O3S2/c1-8-17-18-15(19(8)2)23-7-11(20)16-13-12(14(21)22-3)9-5-4-6-10(9)24-13/h4-7H2,1-3H3,(H,16,20). The SMILES string of the molecule is COC(=O)c1c(NC(=O)CSc2nnc(C)n2C)sc2c1CCC2. The van der Waals surface area contributed by atoms with E-state index in [9.17, 15) is 9.59 Å². The van der Waals surface area contributed by atoms with E-state index in [1.807, 2.05) is 18.5 Å². The number of hydrogen-bond donors (Lipinski definition) is 1. The summed E-state index contributed by atoms with van der Waals surface area (Å²) in [6.07, 6.45) is 2.85. The Hall–Kier alpha value is -1.87. The van der Waals surface area contributed by atoms with Crippen LogP contribution in [0.4, 0.5) is 5.00 Å². The molecule has 0 aromatic carbocycles. The molecule has 3 rings (SSSR count). The average Bonchev–Trinajstić information content (AvgIpc) is 3.21. The lowest BCUT2D eigenvalue weighted by molar-refractivity contribution is -0.113. The van der Waals surface area contributed by atoms with Crippen molar-refractivity contribution in [1.82, 2.24) is 14.8 Å². The molecule has 24 heavy (non-hydrogen) atoms. The predicted octanol–water partition coefficient (Wildman–Crippen LogP) is 2.19. The van der Waals surface area contributed by atoms with Gasteiger partial charge in [0.25, 0.3) is 0 Å². The van der Waals surface area contributed by atoms with Crippen molar-refractivity contribution in [2.24, 2.45) is 7.05 Å². The van der Waals surface area contributed by atoms with Crippen LogP contribution < -0.4 is 5.32 Å². The largest absolute Gasteiger partial charge is 0.465 e. The Morgan fingerprint density at radius 3 is 2.83 bits per heavy atom. The van der Waals surface area contributed by atoms with E-state index in [0.717, 1.165) is 30.7 Å². The number of carbonyl (C=O) groups is 2. The molecule has 0 spiro atoms. The van der Waals surface area contributed by atoms with Gasteiger partial charge in [-0.25, -0.2) is 4.79 Å². The molecule has 0 fully saturated rings. The molecule has 0 radical (unpaired) electrons. The lowest BCUT2D eigenvalue weighted by Gasteiger charge is -2.07. The van der Waals surface area contributed by atoms with Gasteiger partial charge in [0.05, 0.1) is 18.4 Å². The number of nitrogens with one attached hydrogen (secondary N) is 1. The number of fused-ring (bicyclic) bond motifs is 1. The molecule has 1 aliphatic carbocycles. The number of rotatable bonds is 5. The molecule has 0 unspecified atom stereocenters. The highest BCUT2D eigenvalue weighted by molar-refractivity contribution is 7.99. The lowest BCUT2D eigenvalue weighted by Crippen LogP contribution is -2.16. The van der Waals surface area contributed by atoms with Gasteiger partial charge in [-0.05, 0) is 31.7 Å². The van der Waals surface area contributed by atoms with Crippen molar-refractivity contribution in [2.75, 3.05) is 18.2 Å². The Bertz CT molecular complexity index is 797. The number of thiophene rings is 1. The smallest absolute Gasteiger partial charge is 0.341 e. The van der Waals surface area contributed by atoms with E-state index < -0.39 is 0 Å². The maximum absolute atomic E-state index is 12.3. The molecule has 1 aliphatic rings. The van der Waals surface area contributed by atoms with Crippen molar-refractivity contribution in [1.29, 1.82) is 0 Å². The maximum atomic E-state index is 12.3. The number of ether oxygens (including phenoxy) is 1. The second-order valence-electron chi connectivity index (χ2n) is 5.48. The lowest BCUT2D eigenvalue weighted by atomic mass is 10.1. The molecule has 1 N–H and O–H groups in total. The highest BCUT2D eigenvalue weighted by Crippen LogP contribution is 2.39. The second kappa shape index (κ2) is 6.94. The Morgan fingerprint density at radius 1 is 1.38 bits per heavy atom.